The summed E-state index contributed by atoms with van der Waals surface area (Å²) < 4.78 is 19.5. The first-order chi connectivity index (χ1) is 12.2. The van der Waals surface area contributed by atoms with Gasteiger partial charge in [0.15, 0.2) is 11.6 Å². The molecule has 0 bridgehead atoms. The molecule has 0 saturated carbocycles. The number of nitrogens with zero attached hydrogens (tertiary/aromatic N) is 4. The number of para-hydroxylation sites is 2. The molecule has 0 aliphatic heterocycles. The smallest absolute Gasteiger partial charge is 0.245 e. The summed E-state index contributed by atoms with van der Waals surface area (Å²) in [4.78, 5) is 8.66. The summed E-state index contributed by atoms with van der Waals surface area (Å²) in [6.07, 6.45) is 0. The predicted molar refractivity (Wildman–Crippen MR) is 94.5 cm³/mol. The van der Waals surface area contributed by atoms with Crippen molar-refractivity contribution in [2.24, 2.45) is 0 Å². The van der Waals surface area contributed by atoms with Crippen molar-refractivity contribution in [1.29, 1.82) is 0 Å². The van der Waals surface area contributed by atoms with E-state index in [0.29, 0.717) is 11.6 Å². The lowest BCUT2D eigenvalue weighted by Crippen LogP contribution is -2.04. The molecule has 25 heavy (non-hydrogen) atoms. The monoisotopic (exact) mass is 400 g/mol. The van der Waals surface area contributed by atoms with Crippen LogP contribution in [0.3, 0.4) is 0 Å². The van der Waals surface area contributed by atoms with E-state index in [-0.39, 0.29) is 17.0 Å². The molecule has 2 aromatic carbocycles. The summed E-state index contributed by atoms with van der Waals surface area (Å²) >= 11 is 3.46. The number of halogens is 2. The largest absolute Gasteiger partial charge is 0.336 e. The SMILES string of the molecule is Fc1ccccc1Nc1nc2nonc2nc1Nc1ccccc1Br. The molecule has 0 saturated heterocycles. The lowest BCUT2D eigenvalue weighted by molar-refractivity contribution is 0.314. The van der Waals surface area contributed by atoms with Crippen molar-refractivity contribution in [3.8, 4) is 0 Å². The van der Waals surface area contributed by atoms with Crippen molar-refractivity contribution in [3.63, 3.8) is 0 Å². The minimum atomic E-state index is -0.408. The van der Waals surface area contributed by atoms with E-state index in [1.165, 1.54) is 6.07 Å². The molecule has 0 spiro atoms. The number of rotatable bonds is 4. The van der Waals surface area contributed by atoms with E-state index < -0.39 is 5.82 Å². The molecule has 7 nitrogen and oxygen atoms in total. The van der Waals surface area contributed by atoms with E-state index in [9.17, 15) is 4.39 Å². The van der Waals surface area contributed by atoms with Gasteiger partial charge in [-0.3, -0.25) is 0 Å². The van der Waals surface area contributed by atoms with Crippen LogP contribution in [0.5, 0.6) is 0 Å². The number of hydrogen-bond donors (Lipinski definition) is 2. The van der Waals surface area contributed by atoms with E-state index >= 15 is 0 Å². The highest BCUT2D eigenvalue weighted by Crippen LogP contribution is 2.30. The lowest BCUT2D eigenvalue weighted by atomic mass is 10.3. The Morgan fingerprint density at radius 2 is 1.36 bits per heavy atom. The van der Waals surface area contributed by atoms with Crippen molar-refractivity contribution in [2.75, 3.05) is 10.6 Å². The topological polar surface area (TPSA) is 88.8 Å². The van der Waals surface area contributed by atoms with Crippen LogP contribution in [0.25, 0.3) is 11.3 Å². The van der Waals surface area contributed by atoms with Crippen LogP contribution in [-0.2, 0) is 0 Å². The van der Waals surface area contributed by atoms with E-state index in [2.05, 4.69) is 51.5 Å². The maximum atomic E-state index is 14.0. The Balaban J connectivity index is 1.78. The minimum absolute atomic E-state index is 0.219. The summed E-state index contributed by atoms with van der Waals surface area (Å²) in [6.45, 7) is 0. The van der Waals surface area contributed by atoms with Crippen molar-refractivity contribution in [3.05, 3.63) is 58.8 Å². The summed E-state index contributed by atoms with van der Waals surface area (Å²) in [5, 5.41) is 13.4. The van der Waals surface area contributed by atoms with Crippen molar-refractivity contribution < 1.29 is 9.02 Å². The fraction of sp³-hybridized carbons (Fsp3) is 0. The molecule has 4 aromatic rings. The zero-order valence-corrected chi connectivity index (χ0v) is 14.2. The third-order valence-corrected chi connectivity index (χ3v) is 4.06. The van der Waals surface area contributed by atoms with Gasteiger partial charge in [-0.25, -0.2) is 19.0 Å². The van der Waals surface area contributed by atoms with Crippen molar-refractivity contribution >= 4 is 50.2 Å². The van der Waals surface area contributed by atoms with Crippen LogP contribution >= 0.6 is 15.9 Å². The molecular weight excluding hydrogens is 391 g/mol. The van der Waals surface area contributed by atoms with Gasteiger partial charge in [0, 0.05) is 4.47 Å². The van der Waals surface area contributed by atoms with Gasteiger partial charge in [0.2, 0.25) is 11.3 Å². The van der Waals surface area contributed by atoms with Crippen LogP contribution in [0.15, 0.2) is 57.6 Å². The van der Waals surface area contributed by atoms with E-state index in [4.69, 9.17) is 0 Å². The average Bonchev–Trinajstić information content (AvgIpc) is 3.06. The molecule has 2 N–H and O–H groups in total. The molecule has 0 radical (unpaired) electrons. The summed E-state index contributed by atoms with van der Waals surface area (Å²) in [6, 6.07) is 13.8. The Bertz CT molecular complexity index is 972. The number of anilines is 4. The van der Waals surface area contributed by atoms with Gasteiger partial charge in [-0.1, -0.05) is 24.3 Å². The maximum absolute atomic E-state index is 14.0. The van der Waals surface area contributed by atoms with E-state index in [1.807, 2.05) is 24.3 Å². The van der Waals surface area contributed by atoms with E-state index in [1.54, 1.807) is 18.2 Å². The van der Waals surface area contributed by atoms with E-state index in [0.717, 1.165) is 10.2 Å². The highest BCUT2D eigenvalue weighted by molar-refractivity contribution is 9.10. The Hall–Kier alpha value is -3.07. The third-order valence-electron chi connectivity index (χ3n) is 3.37. The third kappa shape index (κ3) is 3.13. The maximum Gasteiger partial charge on any atom is 0.245 e. The van der Waals surface area contributed by atoms with Crippen LogP contribution in [0.4, 0.5) is 27.4 Å². The Morgan fingerprint density at radius 3 is 2.00 bits per heavy atom. The van der Waals surface area contributed by atoms with Crippen LogP contribution in [0.1, 0.15) is 0 Å². The van der Waals surface area contributed by atoms with Gasteiger partial charge in [0.1, 0.15) is 5.82 Å². The second-order valence-electron chi connectivity index (χ2n) is 5.04. The Labute approximate surface area is 149 Å². The van der Waals surface area contributed by atoms with Gasteiger partial charge >= 0.3 is 0 Å². The van der Waals surface area contributed by atoms with Crippen LogP contribution < -0.4 is 10.6 Å². The lowest BCUT2D eigenvalue weighted by Gasteiger charge is -2.13. The predicted octanol–water partition coefficient (Wildman–Crippen LogP) is 4.40. The molecule has 0 aliphatic rings. The Kier molecular flexibility index (Phi) is 3.98. The summed E-state index contributed by atoms with van der Waals surface area (Å²) in [5.74, 6) is 0.247. The Morgan fingerprint density at radius 1 is 0.800 bits per heavy atom. The molecule has 0 fully saturated rings. The number of fused-ring (bicyclic) bond motifs is 1. The molecule has 124 valence electrons. The molecule has 0 atom stereocenters. The number of aromatic nitrogens is 4. The molecule has 2 aromatic heterocycles. The average molecular weight is 401 g/mol. The van der Waals surface area contributed by atoms with Gasteiger partial charge in [-0.2, -0.15) is 0 Å². The second-order valence-corrected chi connectivity index (χ2v) is 5.90. The van der Waals surface area contributed by atoms with Crippen LogP contribution in [0, 0.1) is 5.82 Å². The molecular formula is C16H10BrFN6O. The van der Waals surface area contributed by atoms with Gasteiger partial charge in [0.25, 0.3) is 0 Å². The highest BCUT2D eigenvalue weighted by Gasteiger charge is 2.15. The standard InChI is InChI=1S/C16H10BrFN6O/c17-9-5-1-3-7-11(9)19-13-14(20-12-8-4-2-6-10(12)18)22-16-15(21-13)23-25-24-16/h1-8H,(H,19,21,23)(H,20,22,24). The first-order valence-electron chi connectivity index (χ1n) is 7.24. The molecule has 4 rings (SSSR count). The fourth-order valence-electron chi connectivity index (χ4n) is 2.19. The normalized spacial score (nSPS) is 10.8. The molecule has 9 heteroatoms. The van der Waals surface area contributed by atoms with Gasteiger partial charge in [-0.15, -0.1) is 0 Å². The van der Waals surface area contributed by atoms with Crippen molar-refractivity contribution in [1.82, 2.24) is 20.3 Å². The molecule has 0 unspecified atom stereocenters. The number of nitrogens with one attached hydrogen (secondary N) is 2. The molecule has 0 aliphatic carbocycles. The fourth-order valence-corrected chi connectivity index (χ4v) is 2.58. The van der Waals surface area contributed by atoms with Gasteiger partial charge in [0.05, 0.1) is 11.4 Å². The second kappa shape index (κ2) is 6.44. The van der Waals surface area contributed by atoms with Gasteiger partial charge < -0.3 is 10.6 Å². The number of hydrogen-bond acceptors (Lipinski definition) is 7. The first-order valence-corrected chi connectivity index (χ1v) is 8.03. The first kappa shape index (κ1) is 15.5. The summed E-state index contributed by atoms with van der Waals surface area (Å²) in [5.41, 5.74) is 1.50. The number of benzene rings is 2. The quantitative estimate of drug-likeness (QED) is 0.524. The minimum Gasteiger partial charge on any atom is -0.336 e. The molecule has 2 heterocycles. The summed E-state index contributed by atoms with van der Waals surface area (Å²) in [7, 11) is 0. The van der Waals surface area contributed by atoms with Crippen LogP contribution in [-0.4, -0.2) is 20.3 Å². The molecule has 0 amide bonds. The van der Waals surface area contributed by atoms with Crippen LogP contribution in [0.2, 0.25) is 0 Å². The zero-order valence-electron chi connectivity index (χ0n) is 12.6. The van der Waals surface area contributed by atoms with Crippen molar-refractivity contribution in [2.45, 2.75) is 0 Å². The zero-order chi connectivity index (χ0) is 17.2. The van der Waals surface area contributed by atoms with Gasteiger partial charge in [-0.05, 0) is 50.5 Å². The highest BCUT2D eigenvalue weighted by atomic mass is 79.9.